The Labute approximate surface area is 116 Å². The second-order valence-electron chi connectivity index (χ2n) is 5.20. The third-order valence-electron chi connectivity index (χ3n) is 3.93. The molecule has 106 valence electrons. The van der Waals surface area contributed by atoms with Gasteiger partial charge in [0.25, 0.3) is 11.7 Å². The molecule has 1 aliphatic rings. The summed E-state index contributed by atoms with van der Waals surface area (Å²) in [5.74, 6) is 0.444. The van der Waals surface area contributed by atoms with Gasteiger partial charge in [0.1, 0.15) is 6.33 Å². The van der Waals surface area contributed by atoms with E-state index >= 15 is 0 Å². The third kappa shape index (κ3) is 2.24. The lowest BCUT2D eigenvalue weighted by Gasteiger charge is -2.15. The minimum absolute atomic E-state index is 0.155. The number of aryl methyl sites for hydroxylation is 1. The zero-order chi connectivity index (χ0) is 14.1. The van der Waals surface area contributed by atoms with Crippen molar-refractivity contribution in [2.75, 3.05) is 6.54 Å². The van der Waals surface area contributed by atoms with E-state index in [9.17, 15) is 9.90 Å². The van der Waals surface area contributed by atoms with Gasteiger partial charge in [0.15, 0.2) is 0 Å². The Morgan fingerprint density at radius 3 is 3.10 bits per heavy atom. The van der Waals surface area contributed by atoms with E-state index in [1.165, 1.54) is 12.5 Å². The average Bonchev–Trinajstić information content (AvgIpc) is 3.05. The lowest BCUT2D eigenvalue weighted by atomic mass is 10.1. The molecule has 1 amide bonds. The quantitative estimate of drug-likeness (QED) is 0.841. The average molecular weight is 275 g/mol. The van der Waals surface area contributed by atoms with Gasteiger partial charge in [-0.15, -0.1) is 0 Å². The van der Waals surface area contributed by atoms with E-state index < -0.39 is 0 Å². The van der Waals surface area contributed by atoms with Gasteiger partial charge in [-0.3, -0.25) is 4.79 Å². The van der Waals surface area contributed by atoms with Crippen molar-refractivity contribution in [2.24, 2.45) is 5.92 Å². The maximum Gasteiger partial charge on any atom is 0.254 e. The van der Waals surface area contributed by atoms with Gasteiger partial charge in [0, 0.05) is 18.7 Å². The van der Waals surface area contributed by atoms with E-state index in [-0.39, 0.29) is 17.9 Å². The van der Waals surface area contributed by atoms with Gasteiger partial charge in [0.05, 0.1) is 17.4 Å². The monoisotopic (exact) mass is 275 g/mol. The Morgan fingerprint density at radius 2 is 2.35 bits per heavy atom. The summed E-state index contributed by atoms with van der Waals surface area (Å²) >= 11 is 0. The Hall–Kier alpha value is -2.02. The molecule has 2 aromatic rings. The summed E-state index contributed by atoms with van der Waals surface area (Å²) in [5.41, 5.74) is 1.19. The standard InChI is InChI=1S/C13H17N5O2/c1-8-10(6-15-13-16-7-17-18(8)13)12(20)14-5-9-3-2-4-11(9)19/h6-7,9,11,19H,2-5H2,1H3,(H,14,20). The lowest BCUT2D eigenvalue weighted by molar-refractivity contribution is 0.0915. The van der Waals surface area contributed by atoms with Crippen LogP contribution in [0, 0.1) is 12.8 Å². The highest BCUT2D eigenvalue weighted by Crippen LogP contribution is 2.24. The summed E-state index contributed by atoms with van der Waals surface area (Å²) in [6.07, 6.45) is 5.43. The molecule has 0 spiro atoms. The van der Waals surface area contributed by atoms with E-state index in [0.29, 0.717) is 23.6 Å². The number of amides is 1. The van der Waals surface area contributed by atoms with Crippen molar-refractivity contribution in [3.63, 3.8) is 0 Å². The van der Waals surface area contributed by atoms with E-state index in [1.54, 1.807) is 4.52 Å². The highest BCUT2D eigenvalue weighted by atomic mass is 16.3. The Balaban J connectivity index is 1.73. The highest BCUT2D eigenvalue weighted by molar-refractivity contribution is 5.95. The third-order valence-corrected chi connectivity index (χ3v) is 3.93. The van der Waals surface area contributed by atoms with E-state index in [4.69, 9.17) is 0 Å². The zero-order valence-corrected chi connectivity index (χ0v) is 11.3. The van der Waals surface area contributed by atoms with Gasteiger partial charge in [-0.25, -0.2) is 9.50 Å². The van der Waals surface area contributed by atoms with Crippen LogP contribution in [-0.4, -0.2) is 43.2 Å². The molecular formula is C13H17N5O2. The van der Waals surface area contributed by atoms with E-state index in [1.807, 2.05) is 6.92 Å². The molecule has 7 heteroatoms. The number of carbonyl (C=O) groups is 1. The summed E-state index contributed by atoms with van der Waals surface area (Å²) in [4.78, 5) is 20.3. The molecule has 2 N–H and O–H groups in total. The van der Waals surface area contributed by atoms with Crippen LogP contribution in [0.15, 0.2) is 12.5 Å². The van der Waals surface area contributed by atoms with Crippen LogP contribution < -0.4 is 5.32 Å². The molecule has 1 aliphatic carbocycles. The van der Waals surface area contributed by atoms with Crippen LogP contribution in [0.1, 0.15) is 35.3 Å². The number of nitrogens with one attached hydrogen (secondary N) is 1. The van der Waals surface area contributed by atoms with Crippen molar-refractivity contribution in [1.82, 2.24) is 24.9 Å². The van der Waals surface area contributed by atoms with Crippen molar-refractivity contribution >= 4 is 11.7 Å². The predicted molar refractivity (Wildman–Crippen MR) is 71.2 cm³/mol. The molecule has 0 aliphatic heterocycles. The molecule has 0 radical (unpaired) electrons. The number of nitrogens with zero attached hydrogens (tertiary/aromatic N) is 4. The lowest BCUT2D eigenvalue weighted by Crippen LogP contribution is -2.33. The fraction of sp³-hybridized carbons (Fsp3) is 0.538. The SMILES string of the molecule is Cc1c(C(=O)NCC2CCCC2O)cnc2ncnn12. The van der Waals surface area contributed by atoms with Crippen LogP contribution in [0.3, 0.4) is 0 Å². The number of rotatable bonds is 3. The van der Waals surface area contributed by atoms with Crippen LogP contribution in [0.5, 0.6) is 0 Å². The molecule has 2 aromatic heterocycles. The maximum absolute atomic E-state index is 12.2. The van der Waals surface area contributed by atoms with Crippen molar-refractivity contribution < 1.29 is 9.90 Å². The van der Waals surface area contributed by atoms with Crippen LogP contribution >= 0.6 is 0 Å². The normalized spacial score (nSPS) is 22.3. The number of aromatic nitrogens is 4. The molecule has 1 saturated carbocycles. The Morgan fingerprint density at radius 1 is 1.50 bits per heavy atom. The molecule has 20 heavy (non-hydrogen) atoms. The Kier molecular flexibility index (Phi) is 3.35. The fourth-order valence-corrected chi connectivity index (χ4v) is 2.69. The van der Waals surface area contributed by atoms with Crippen molar-refractivity contribution in [3.8, 4) is 0 Å². The highest BCUT2D eigenvalue weighted by Gasteiger charge is 2.25. The fourth-order valence-electron chi connectivity index (χ4n) is 2.69. The van der Waals surface area contributed by atoms with Gasteiger partial charge in [-0.1, -0.05) is 6.42 Å². The molecule has 7 nitrogen and oxygen atoms in total. The molecule has 0 bridgehead atoms. The van der Waals surface area contributed by atoms with Crippen molar-refractivity contribution in [2.45, 2.75) is 32.3 Å². The van der Waals surface area contributed by atoms with Gasteiger partial charge in [-0.05, 0) is 19.8 Å². The molecule has 0 aromatic carbocycles. The van der Waals surface area contributed by atoms with Gasteiger partial charge < -0.3 is 10.4 Å². The van der Waals surface area contributed by atoms with Crippen LogP contribution in [-0.2, 0) is 0 Å². The minimum atomic E-state index is -0.299. The van der Waals surface area contributed by atoms with Crippen LogP contribution in [0.2, 0.25) is 0 Å². The summed E-state index contributed by atoms with van der Waals surface area (Å²) < 4.78 is 1.54. The van der Waals surface area contributed by atoms with Crippen molar-refractivity contribution in [1.29, 1.82) is 0 Å². The molecule has 2 unspecified atom stereocenters. The first-order chi connectivity index (χ1) is 9.66. The number of aliphatic hydroxyl groups is 1. The topological polar surface area (TPSA) is 92.4 Å². The number of carbonyl (C=O) groups excluding carboxylic acids is 1. The smallest absolute Gasteiger partial charge is 0.254 e. The van der Waals surface area contributed by atoms with Gasteiger partial charge >= 0.3 is 0 Å². The second-order valence-corrected chi connectivity index (χ2v) is 5.20. The maximum atomic E-state index is 12.2. The minimum Gasteiger partial charge on any atom is -0.393 e. The second kappa shape index (κ2) is 5.16. The summed E-state index contributed by atoms with van der Waals surface area (Å²) in [7, 11) is 0. The van der Waals surface area contributed by atoms with Gasteiger partial charge in [0.2, 0.25) is 0 Å². The number of hydrogen-bond acceptors (Lipinski definition) is 5. The molecule has 0 saturated heterocycles. The van der Waals surface area contributed by atoms with Crippen LogP contribution in [0.4, 0.5) is 0 Å². The van der Waals surface area contributed by atoms with Crippen LogP contribution in [0.25, 0.3) is 5.78 Å². The number of hydrogen-bond donors (Lipinski definition) is 2. The summed E-state index contributed by atoms with van der Waals surface area (Å²) in [6.45, 7) is 2.30. The molecular weight excluding hydrogens is 258 g/mol. The largest absolute Gasteiger partial charge is 0.393 e. The zero-order valence-electron chi connectivity index (χ0n) is 11.3. The first-order valence-electron chi connectivity index (χ1n) is 6.78. The molecule has 1 fully saturated rings. The Bertz CT molecular complexity index is 639. The van der Waals surface area contributed by atoms with Gasteiger partial charge in [-0.2, -0.15) is 10.1 Å². The first kappa shape index (κ1) is 13.0. The molecule has 3 rings (SSSR count). The first-order valence-corrected chi connectivity index (χ1v) is 6.78. The summed E-state index contributed by atoms with van der Waals surface area (Å²) in [5, 5.41) is 16.7. The molecule has 2 heterocycles. The number of aliphatic hydroxyl groups excluding tert-OH is 1. The predicted octanol–water partition coefficient (Wildman–Crippen LogP) is 0.324. The van der Waals surface area contributed by atoms with E-state index in [0.717, 1.165) is 19.3 Å². The number of fused-ring (bicyclic) bond motifs is 1. The van der Waals surface area contributed by atoms with E-state index in [2.05, 4.69) is 20.4 Å². The van der Waals surface area contributed by atoms with Crippen molar-refractivity contribution in [3.05, 3.63) is 23.8 Å². The molecule has 2 atom stereocenters. The summed E-state index contributed by atoms with van der Waals surface area (Å²) in [6, 6.07) is 0.